The van der Waals surface area contributed by atoms with E-state index in [4.69, 9.17) is 0 Å². The SMILES string of the molecule is CCCNC(c1ccc(C(F)(F)F)cc1)c1cscn1. The van der Waals surface area contributed by atoms with E-state index >= 15 is 0 Å². The van der Waals surface area contributed by atoms with Crippen molar-refractivity contribution in [3.63, 3.8) is 0 Å². The maximum Gasteiger partial charge on any atom is 0.416 e. The Hall–Kier alpha value is -1.40. The summed E-state index contributed by atoms with van der Waals surface area (Å²) in [6.45, 7) is 2.82. The number of halogens is 3. The fourth-order valence-electron chi connectivity index (χ4n) is 1.91. The summed E-state index contributed by atoms with van der Waals surface area (Å²) in [7, 11) is 0. The monoisotopic (exact) mass is 300 g/mol. The van der Waals surface area contributed by atoms with Crippen LogP contribution in [-0.2, 0) is 6.18 Å². The number of hydrogen-bond donors (Lipinski definition) is 1. The predicted octanol–water partition coefficient (Wildman–Crippen LogP) is 4.25. The second-order valence-electron chi connectivity index (χ2n) is 4.42. The Morgan fingerprint density at radius 2 is 1.95 bits per heavy atom. The van der Waals surface area contributed by atoms with E-state index in [1.165, 1.54) is 23.5 Å². The number of aromatic nitrogens is 1. The lowest BCUT2D eigenvalue weighted by Gasteiger charge is -2.17. The smallest absolute Gasteiger partial charge is 0.305 e. The Balaban J connectivity index is 2.25. The molecule has 1 aromatic heterocycles. The molecule has 0 aliphatic rings. The first-order chi connectivity index (χ1) is 9.52. The van der Waals surface area contributed by atoms with Crippen molar-refractivity contribution in [2.75, 3.05) is 6.54 Å². The molecule has 0 bridgehead atoms. The van der Waals surface area contributed by atoms with E-state index in [0.717, 1.165) is 36.4 Å². The highest BCUT2D eigenvalue weighted by molar-refractivity contribution is 7.07. The van der Waals surface area contributed by atoms with Crippen LogP contribution >= 0.6 is 11.3 Å². The summed E-state index contributed by atoms with van der Waals surface area (Å²) >= 11 is 1.47. The van der Waals surface area contributed by atoms with Gasteiger partial charge < -0.3 is 5.32 Å². The fourth-order valence-corrected chi connectivity index (χ4v) is 2.49. The first-order valence-corrected chi connectivity index (χ1v) is 7.25. The lowest BCUT2D eigenvalue weighted by Crippen LogP contribution is -2.23. The highest BCUT2D eigenvalue weighted by atomic mass is 32.1. The zero-order valence-electron chi connectivity index (χ0n) is 10.9. The summed E-state index contributed by atoms with van der Waals surface area (Å²) < 4.78 is 37.7. The fraction of sp³-hybridized carbons (Fsp3) is 0.357. The molecule has 0 saturated carbocycles. The number of rotatable bonds is 5. The average Bonchev–Trinajstić information content (AvgIpc) is 2.93. The van der Waals surface area contributed by atoms with Gasteiger partial charge in [0.25, 0.3) is 0 Å². The predicted molar refractivity (Wildman–Crippen MR) is 73.7 cm³/mol. The van der Waals surface area contributed by atoms with E-state index in [9.17, 15) is 13.2 Å². The third kappa shape index (κ3) is 3.58. The zero-order chi connectivity index (χ0) is 14.6. The molecule has 1 N–H and O–H groups in total. The molecule has 0 spiro atoms. The quantitative estimate of drug-likeness (QED) is 0.893. The van der Waals surface area contributed by atoms with Gasteiger partial charge in [-0.3, -0.25) is 0 Å². The molecule has 108 valence electrons. The van der Waals surface area contributed by atoms with E-state index in [1.54, 1.807) is 5.51 Å². The average molecular weight is 300 g/mol. The van der Waals surface area contributed by atoms with Crippen LogP contribution in [0.2, 0.25) is 0 Å². The number of nitrogens with one attached hydrogen (secondary N) is 1. The zero-order valence-corrected chi connectivity index (χ0v) is 11.8. The van der Waals surface area contributed by atoms with Gasteiger partial charge in [0.2, 0.25) is 0 Å². The maximum atomic E-state index is 12.6. The Labute approximate surface area is 119 Å². The van der Waals surface area contributed by atoms with Gasteiger partial charge in [0, 0.05) is 5.38 Å². The van der Waals surface area contributed by atoms with Crippen LogP contribution in [0.15, 0.2) is 35.2 Å². The molecule has 0 aliphatic heterocycles. The van der Waals surface area contributed by atoms with E-state index in [0.29, 0.717) is 0 Å². The molecule has 0 aliphatic carbocycles. The highest BCUT2D eigenvalue weighted by Gasteiger charge is 2.30. The first kappa shape index (κ1) is 15.0. The van der Waals surface area contributed by atoms with Crippen molar-refractivity contribution in [3.05, 3.63) is 52.0 Å². The van der Waals surface area contributed by atoms with E-state index in [-0.39, 0.29) is 6.04 Å². The summed E-state index contributed by atoms with van der Waals surface area (Å²) in [5.41, 5.74) is 2.72. The largest absolute Gasteiger partial charge is 0.416 e. The minimum Gasteiger partial charge on any atom is -0.305 e. The van der Waals surface area contributed by atoms with Crippen LogP contribution in [0.3, 0.4) is 0 Å². The van der Waals surface area contributed by atoms with Crippen LogP contribution < -0.4 is 5.32 Å². The van der Waals surface area contributed by atoms with Crippen LogP contribution in [0.25, 0.3) is 0 Å². The minimum absolute atomic E-state index is 0.163. The highest BCUT2D eigenvalue weighted by Crippen LogP contribution is 2.31. The first-order valence-electron chi connectivity index (χ1n) is 6.31. The van der Waals surface area contributed by atoms with Crippen molar-refractivity contribution in [1.82, 2.24) is 10.3 Å². The molecule has 2 rings (SSSR count). The van der Waals surface area contributed by atoms with Crippen molar-refractivity contribution in [2.45, 2.75) is 25.6 Å². The maximum absolute atomic E-state index is 12.6. The summed E-state index contributed by atoms with van der Waals surface area (Å²) in [4.78, 5) is 4.25. The molecular formula is C14H15F3N2S. The van der Waals surface area contributed by atoms with E-state index < -0.39 is 11.7 Å². The Bertz CT molecular complexity index is 520. The van der Waals surface area contributed by atoms with Crippen molar-refractivity contribution in [3.8, 4) is 0 Å². The Morgan fingerprint density at radius 1 is 1.25 bits per heavy atom. The summed E-state index contributed by atoms with van der Waals surface area (Å²) in [5.74, 6) is 0. The summed E-state index contributed by atoms with van der Waals surface area (Å²) in [6, 6.07) is 5.08. The third-order valence-electron chi connectivity index (χ3n) is 2.92. The van der Waals surface area contributed by atoms with Gasteiger partial charge in [-0.15, -0.1) is 11.3 Å². The molecule has 0 radical (unpaired) electrons. The van der Waals surface area contributed by atoms with Gasteiger partial charge in [-0.05, 0) is 30.7 Å². The molecule has 0 saturated heterocycles. The normalized spacial score (nSPS) is 13.4. The van der Waals surface area contributed by atoms with E-state index in [2.05, 4.69) is 10.3 Å². The van der Waals surface area contributed by atoms with Crippen molar-refractivity contribution >= 4 is 11.3 Å². The van der Waals surface area contributed by atoms with Gasteiger partial charge in [0.1, 0.15) is 0 Å². The number of benzene rings is 1. The summed E-state index contributed by atoms with van der Waals surface area (Å²) in [6.07, 6.45) is -3.35. The van der Waals surface area contributed by atoms with Crippen LogP contribution in [0, 0.1) is 0 Å². The standard InChI is InChI=1S/C14H15F3N2S/c1-2-7-18-13(12-8-20-9-19-12)10-3-5-11(6-4-10)14(15,16)17/h3-6,8-9,13,18H,2,7H2,1H3. The lowest BCUT2D eigenvalue weighted by molar-refractivity contribution is -0.137. The minimum atomic E-state index is -4.30. The number of alkyl halides is 3. The molecule has 2 aromatic rings. The molecule has 20 heavy (non-hydrogen) atoms. The molecule has 1 heterocycles. The molecule has 2 nitrogen and oxygen atoms in total. The number of hydrogen-bond acceptors (Lipinski definition) is 3. The second kappa shape index (κ2) is 6.37. The summed E-state index contributed by atoms with van der Waals surface area (Å²) in [5, 5.41) is 5.22. The van der Waals surface area contributed by atoms with Crippen molar-refractivity contribution in [1.29, 1.82) is 0 Å². The van der Waals surface area contributed by atoms with E-state index in [1.807, 2.05) is 12.3 Å². The molecule has 0 amide bonds. The lowest BCUT2D eigenvalue weighted by atomic mass is 10.0. The van der Waals surface area contributed by atoms with Gasteiger partial charge in [0.05, 0.1) is 22.8 Å². The van der Waals surface area contributed by atoms with Gasteiger partial charge in [-0.2, -0.15) is 13.2 Å². The molecular weight excluding hydrogens is 285 g/mol. The van der Waals surface area contributed by atoms with Crippen LogP contribution in [0.1, 0.15) is 36.2 Å². The molecule has 1 aromatic carbocycles. The third-order valence-corrected chi connectivity index (χ3v) is 3.52. The molecule has 0 fully saturated rings. The molecule has 1 unspecified atom stereocenters. The molecule has 1 atom stereocenters. The Kier molecular flexibility index (Phi) is 4.77. The van der Waals surface area contributed by atoms with Crippen LogP contribution in [0.4, 0.5) is 13.2 Å². The topological polar surface area (TPSA) is 24.9 Å². The van der Waals surface area contributed by atoms with Gasteiger partial charge in [-0.25, -0.2) is 4.98 Å². The van der Waals surface area contributed by atoms with Gasteiger partial charge in [-0.1, -0.05) is 19.1 Å². The van der Waals surface area contributed by atoms with Crippen molar-refractivity contribution in [2.24, 2.45) is 0 Å². The van der Waals surface area contributed by atoms with Crippen LogP contribution in [-0.4, -0.2) is 11.5 Å². The van der Waals surface area contributed by atoms with Crippen molar-refractivity contribution < 1.29 is 13.2 Å². The molecule has 6 heteroatoms. The van der Waals surface area contributed by atoms with Gasteiger partial charge >= 0.3 is 6.18 Å². The number of nitrogens with zero attached hydrogens (tertiary/aromatic N) is 1. The Morgan fingerprint density at radius 3 is 2.45 bits per heavy atom. The van der Waals surface area contributed by atoms with Crippen LogP contribution in [0.5, 0.6) is 0 Å². The number of thiazole rings is 1. The second-order valence-corrected chi connectivity index (χ2v) is 5.14. The van der Waals surface area contributed by atoms with Gasteiger partial charge in [0.15, 0.2) is 0 Å².